The number of anilines is 1. The fourth-order valence-electron chi connectivity index (χ4n) is 3.90. The van der Waals surface area contributed by atoms with E-state index in [9.17, 15) is 28.0 Å². The molecule has 2 aliphatic rings. The van der Waals surface area contributed by atoms with E-state index in [1.807, 2.05) is 0 Å². The van der Waals surface area contributed by atoms with Gasteiger partial charge in [0.1, 0.15) is 10.2 Å². The third kappa shape index (κ3) is 4.57. The van der Waals surface area contributed by atoms with Crippen LogP contribution in [-0.2, 0) is 4.79 Å². The van der Waals surface area contributed by atoms with E-state index < -0.39 is 45.3 Å². The summed E-state index contributed by atoms with van der Waals surface area (Å²) < 4.78 is 38.0. The van der Waals surface area contributed by atoms with Crippen molar-refractivity contribution in [2.75, 3.05) is 5.32 Å². The summed E-state index contributed by atoms with van der Waals surface area (Å²) in [5, 5.41) is 12.0. The van der Waals surface area contributed by atoms with Crippen LogP contribution in [0.3, 0.4) is 0 Å². The average Bonchev–Trinajstić information content (AvgIpc) is 3.63. The number of rotatable bonds is 7. The monoisotopic (exact) mass is 514 g/mol. The van der Waals surface area contributed by atoms with E-state index in [4.69, 9.17) is 34.8 Å². The largest absolute Gasteiger partial charge is 0.326 e. The van der Waals surface area contributed by atoms with Crippen LogP contribution in [0.25, 0.3) is 0 Å². The maximum Gasteiger partial charge on any atom is 0.266 e. The predicted octanol–water partition coefficient (Wildman–Crippen LogP) is 6.82. The number of alkyl halides is 4. The number of nitrogens with zero attached hydrogens (tertiary/aromatic N) is 1. The molecular weight excluding hydrogens is 500 g/mol. The molecule has 1 N–H and O–H groups in total. The molecule has 2 fully saturated rings. The zero-order valence-electron chi connectivity index (χ0n) is 16.8. The first kappa shape index (κ1) is 23.9. The minimum absolute atomic E-state index is 0.0396. The molecule has 0 bridgehead atoms. The number of carbonyl (C=O) groups is 2. The summed E-state index contributed by atoms with van der Waals surface area (Å²) in [5.74, 6) is -3.77. The quantitative estimate of drug-likeness (QED) is 0.325. The second-order valence-electron chi connectivity index (χ2n) is 8.39. The van der Waals surface area contributed by atoms with Gasteiger partial charge in [-0.15, -0.1) is 23.2 Å². The number of hydrogen-bond donors (Lipinski definition) is 1. The van der Waals surface area contributed by atoms with Gasteiger partial charge in [0.05, 0.1) is 28.0 Å². The Balaban J connectivity index is 1.50. The minimum Gasteiger partial charge on any atom is -0.326 e. The molecule has 0 spiro atoms. The van der Waals surface area contributed by atoms with Crippen molar-refractivity contribution in [3.8, 4) is 6.07 Å². The van der Waals surface area contributed by atoms with Crippen molar-refractivity contribution >= 4 is 52.2 Å². The van der Waals surface area contributed by atoms with Crippen molar-refractivity contribution in [3.63, 3.8) is 0 Å². The highest BCUT2D eigenvalue weighted by Gasteiger charge is 2.67. The Bertz CT molecular complexity index is 1190. The molecule has 10 heteroatoms. The highest BCUT2D eigenvalue weighted by Crippen LogP contribution is 2.65. The molecule has 0 aliphatic heterocycles. The Hall–Kier alpha value is -2.27. The number of hydrogen-bond acceptors (Lipinski definition) is 3. The summed E-state index contributed by atoms with van der Waals surface area (Å²) >= 11 is 18.7. The fourth-order valence-corrected chi connectivity index (χ4v) is 4.95. The van der Waals surface area contributed by atoms with Gasteiger partial charge in [0, 0.05) is 23.6 Å². The molecule has 2 aromatic carbocycles. The molecule has 0 aromatic heterocycles. The molecule has 1 amide bonds. The number of nitriles is 1. The van der Waals surface area contributed by atoms with Crippen LogP contribution in [-0.4, -0.2) is 16.0 Å². The van der Waals surface area contributed by atoms with Crippen LogP contribution >= 0.6 is 34.8 Å². The summed E-state index contributed by atoms with van der Waals surface area (Å²) in [7, 11) is 0. The smallest absolute Gasteiger partial charge is 0.266 e. The van der Waals surface area contributed by atoms with Crippen LogP contribution in [0.5, 0.6) is 0 Å². The second-order valence-corrected chi connectivity index (χ2v) is 10.2. The van der Waals surface area contributed by atoms with E-state index >= 15 is 0 Å². The van der Waals surface area contributed by atoms with Gasteiger partial charge in [0.15, 0.2) is 5.78 Å². The van der Waals surface area contributed by atoms with E-state index in [0.29, 0.717) is 12.8 Å². The summed E-state index contributed by atoms with van der Waals surface area (Å²) in [6.45, 7) is 0. The number of halogens is 6. The molecule has 2 aromatic rings. The Morgan fingerprint density at radius 1 is 1.18 bits per heavy atom. The maximum absolute atomic E-state index is 14.0. The first-order chi connectivity index (χ1) is 15.5. The molecule has 0 radical (unpaired) electrons. The number of amides is 1. The number of nitrogens with one attached hydrogen (secondary N) is 1. The lowest BCUT2D eigenvalue weighted by Gasteiger charge is -2.10. The van der Waals surface area contributed by atoms with Crippen LogP contribution in [0.15, 0.2) is 36.4 Å². The topological polar surface area (TPSA) is 70.0 Å². The molecule has 0 heterocycles. The molecule has 33 heavy (non-hydrogen) atoms. The molecule has 2 unspecified atom stereocenters. The van der Waals surface area contributed by atoms with Crippen LogP contribution in [0.2, 0.25) is 5.02 Å². The predicted molar refractivity (Wildman–Crippen MR) is 118 cm³/mol. The molecule has 4 rings (SSSR count). The van der Waals surface area contributed by atoms with Gasteiger partial charge in [-0.3, -0.25) is 9.59 Å². The zero-order chi connectivity index (χ0) is 24.1. The lowest BCUT2D eigenvalue weighted by atomic mass is 9.96. The van der Waals surface area contributed by atoms with Gasteiger partial charge < -0.3 is 5.32 Å². The van der Waals surface area contributed by atoms with E-state index in [0.717, 1.165) is 12.1 Å². The third-order valence-electron chi connectivity index (χ3n) is 6.08. The van der Waals surface area contributed by atoms with Crippen molar-refractivity contribution in [1.82, 2.24) is 0 Å². The molecular formula is C23H16Cl3F3N2O2. The van der Waals surface area contributed by atoms with Crippen molar-refractivity contribution in [2.24, 2.45) is 11.3 Å². The molecule has 0 saturated heterocycles. The van der Waals surface area contributed by atoms with Gasteiger partial charge in [0.2, 0.25) is 5.91 Å². The lowest BCUT2D eigenvalue weighted by molar-refractivity contribution is -0.117. The minimum atomic E-state index is -2.97. The van der Waals surface area contributed by atoms with Gasteiger partial charge in [0.25, 0.3) is 6.43 Å². The molecule has 2 atom stereocenters. The Labute approximate surface area is 202 Å². The summed E-state index contributed by atoms with van der Waals surface area (Å²) in [6, 6.07) is 9.62. The van der Waals surface area contributed by atoms with Crippen molar-refractivity contribution in [1.29, 1.82) is 5.26 Å². The average molecular weight is 516 g/mol. The summed E-state index contributed by atoms with van der Waals surface area (Å²) in [5.41, 5.74) is -0.731. The Morgan fingerprint density at radius 2 is 1.88 bits per heavy atom. The van der Waals surface area contributed by atoms with Gasteiger partial charge in [-0.05, 0) is 42.7 Å². The van der Waals surface area contributed by atoms with E-state index in [1.54, 1.807) is 0 Å². The van der Waals surface area contributed by atoms with Gasteiger partial charge in [-0.25, -0.2) is 13.2 Å². The molecule has 2 aliphatic carbocycles. The highest BCUT2D eigenvalue weighted by molar-refractivity contribution is 6.53. The van der Waals surface area contributed by atoms with E-state index in [1.165, 1.54) is 24.3 Å². The highest BCUT2D eigenvalue weighted by atomic mass is 35.5. The van der Waals surface area contributed by atoms with Crippen LogP contribution in [0, 0.1) is 28.5 Å². The zero-order valence-corrected chi connectivity index (χ0v) is 19.1. The maximum atomic E-state index is 14.0. The SMILES string of the molecule is N#CC1(CC(=O)c2cc(NC(=O)C3C(c4ccc(C(F)F)c(F)c4)C3(Cl)Cl)ccc2Cl)CC1. The van der Waals surface area contributed by atoms with Gasteiger partial charge >= 0.3 is 0 Å². The second kappa shape index (κ2) is 8.50. The van der Waals surface area contributed by atoms with Crippen molar-refractivity contribution < 1.29 is 22.8 Å². The summed E-state index contributed by atoms with van der Waals surface area (Å²) in [6.07, 6.45) is -1.63. The lowest BCUT2D eigenvalue weighted by Crippen LogP contribution is -2.17. The van der Waals surface area contributed by atoms with E-state index in [-0.39, 0.29) is 34.0 Å². The Kier molecular flexibility index (Phi) is 6.15. The van der Waals surface area contributed by atoms with Crippen molar-refractivity contribution in [3.05, 3.63) is 63.9 Å². The molecule has 2 saturated carbocycles. The van der Waals surface area contributed by atoms with E-state index in [2.05, 4.69) is 11.4 Å². The first-order valence-electron chi connectivity index (χ1n) is 9.99. The molecule has 172 valence electrons. The van der Waals surface area contributed by atoms with Crippen LogP contribution in [0.1, 0.15) is 53.1 Å². The number of benzene rings is 2. The molecule has 4 nitrogen and oxygen atoms in total. The van der Waals surface area contributed by atoms with Crippen LogP contribution < -0.4 is 5.32 Å². The third-order valence-corrected chi connectivity index (χ3v) is 7.35. The number of carbonyl (C=O) groups excluding carboxylic acids is 2. The standard InChI is InChI=1S/C23H16Cl3F3N2O2/c24-15-4-2-12(8-14(15)17(32)9-22(10-30)5-6-22)31-21(33)19-18(23(19,25)26)11-1-3-13(20(28)29)16(27)7-11/h1-4,7-8,18-20H,5-6,9H2,(H,31,33). The first-order valence-corrected chi connectivity index (χ1v) is 11.1. The Morgan fingerprint density at radius 3 is 2.45 bits per heavy atom. The van der Waals surface area contributed by atoms with Gasteiger partial charge in [-0.2, -0.15) is 5.26 Å². The normalized spacial score (nSPS) is 21.9. The fraction of sp³-hybridized carbons (Fsp3) is 0.348. The van der Waals surface area contributed by atoms with Crippen molar-refractivity contribution in [2.45, 2.75) is 35.9 Å². The van der Waals surface area contributed by atoms with Crippen LogP contribution in [0.4, 0.5) is 18.9 Å². The number of ketones is 1. The van der Waals surface area contributed by atoms with Gasteiger partial charge in [-0.1, -0.05) is 23.7 Å². The number of Topliss-reactive ketones (excluding diaryl/α,β-unsaturated/α-hetero) is 1. The summed E-state index contributed by atoms with van der Waals surface area (Å²) in [4.78, 5) is 25.5.